The lowest BCUT2D eigenvalue weighted by Crippen LogP contribution is -2.54. The van der Waals surface area contributed by atoms with Gasteiger partial charge in [-0.3, -0.25) is 14.2 Å². The summed E-state index contributed by atoms with van der Waals surface area (Å²) < 4.78 is 39.8. The fourth-order valence-corrected chi connectivity index (χ4v) is 6.72. The maximum absolute atomic E-state index is 14.3. The molecule has 0 radical (unpaired) electrons. The summed E-state index contributed by atoms with van der Waals surface area (Å²) in [5.41, 5.74) is -3.47. The molecule has 2 atom stereocenters. The first-order valence-corrected chi connectivity index (χ1v) is 16.3. The summed E-state index contributed by atoms with van der Waals surface area (Å²) in [5.74, 6) is -0.842. The number of alkyl halides is 2. The van der Waals surface area contributed by atoms with Crippen molar-refractivity contribution < 1.29 is 32.7 Å². The van der Waals surface area contributed by atoms with Crippen LogP contribution in [-0.4, -0.2) is 49.1 Å². The zero-order valence-corrected chi connectivity index (χ0v) is 25.6. The number of H-pyrrole nitrogens is 1. The molecule has 228 valence electrons. The van der Waals surface area contributed by atoms with Crippen LogP contribution in [0.15, 0.2) is 60.0 Å². The molecular formula is C30H33F2N4O5PS. The molecule has 1 fully saturated rings. The van der Waals surface area contributed by atoms with Crippen molar-refractivity contribution in [3.63, 3.8) is 0 Å². The highest BCUT2D eigenvalue weighted by molar-refractivity contribution is 7.52. The average molecular weight is 631 g/mol. The van der Waals surface area contributed by atoms with E-state index in [2.05, 4.69) is 10.3 Å². The van der Waals surface area contributed by atoms with E-state index < -0.39 is 36.2 Å². The van der Waals surface area contributed by atoms with E-state index in [1.165, 1.54) is 23.5 Å². The number of hydrogen-bond acceptors (Lipinski definition) is 5. The third-order valence-electron chi connectivity index (χ3n) is 7.59. The van der Waals surface area contributed by atoms with E-state index in [1.54, 1.807) is 4.90 Å². The molecule has 0 saturated carbocycles. The molecule has 43 heavy (non-hydrogen) atoms. The monoisotopic (exact) mass is 630 g/mol. The van der Waals surface area contributed by atoms with Gasteiger partial charge in [-0.15, -0.1) is 11.3 Å². The Morgan fingerprint density at radius 3 is 2.56 bits per heavy atom. The molecule has 9 nitrogen and oxygen atoms in total. The second-order valence-corrected chi connectivity index (χ2v) is 14.4. The van der Waals surface area contributed by atoms with Crippen LogP contribution in [0.5, 0.6) is 0 Å². The molecule has 2 aromatic carbocycles. The number of rotatable bonds is 8. The number of aromatic amines is 1. The second-order valence-electron chi connectivity index (χ2n) is 11.9. The van der Waals surface area contributed by atoms with E-state index in [1.807, 2.05) is 56.5 Å². The molecular weight excluding hydrogens is 597 g/mol. The number of benzene rings is 2. The van der Waals surface area contributed by atoms with Gasteiger partial charge in [-0.2, -0.15) is 8.78 Å². The Labute approximate surface area is 251 Å². The van der Waals surface area contributed by atoms with Gasteiger partial charge < -0.3 is 25.0 Å². The summed E-state index contributed by atoms with van der Waals surface area (Å²) in [7, 11) is -5.75. The minimum atomic E-state index is -5.75. The molecule has 13 heteroatoms. The maximum atomic E-state index is 14.3. The lowest BCUT2D eigenvalue weighted by Gasteiger charge is -2.35. The molecule has 1 saturated heterocycles. The molecule has 4 aromatic rings. The number of likely N-dealkylation sites (tertiary alicyclic amines) is 1. The van der Waals surface area contributed by atoms with Gasteiger partial charge in [-0.05, 0) is 42.0 Å². The predicted octanol–water partition coefficient (Wildman–Crippen LogP) is 5.95. The van der Waals surface area contributed by atoms with Gasteiger partial charge >= 0.3 is 13.3 Å². The van der Waals surface area contributed by atoms with E-state index in [9.17, 15) is 22.9 Å². The predicted molar refractivity (Wildman–Crippen MR) is 160 cm³/mol. The summed E-state index contributed by atoms with van der Waals surface area (Å²) in [6.07, 6.45) is 2.26. The standard InChI is InChI=1S/C30H33F2N4O5PS/c1-29(2,3)25(35-26(37)23-16-19-15-20(11-12-22(19)34-23)30(31,32)42(39,40)41)28(38)36-13-7-10-24(36)27-33-21(17-43-27)14-18-8-5-4-6-9-18/h4-6,8-9,11-12,15-17,24-25,34H,7,10,13-14H2,1-3H3,(H,35,37)(H2,39,40,41)/t24-,25?/m0/s1. The first kappa shape index (κ1) is 31.0. The van der Waals surface area contributed by atoms with Crippen LogP contribution in [0.1, 0.15) is 72.0 Å². The van der Waals surface area contributed by atoms with Crippen molar-refractivity contribution in [2.45, 2.75) is 57.8 Å². The Hall–Kier alpha value is -3.44. The summed E-state index contributed by atoms with van der Waals surface area (Å²) >= 11 is 1.52. The molecule has 1 unspecified atom stereocenters. The van der Waals surface area contributed by atoms with E-state index >= 15 is 0 Å². The highest BCUT2D eigenvalue weighted by Gasteiger charge is 2.50. The third-order valence-corrected chi connectivity index (χ3v) is 9.57. The van der Waals surface area contributed by atoms with Crippen LogP contribution in [0.25, 0.3) is 10.9 Å². The van der Waals surface area contributed by atoms with Crippen LogP contribution < -0.4 is 5.32 Å². The second kappa shape index (κ2) is 11.6. The van der Waals surface area contributed by atoms with Gasteiger partial charge in [0.05, 0.1) is 11.7 Å². The minimum absolute atomic E-state index is 0.0251. The number of carbonyl (C=O) groups is 2. The molecule has 1 aliphatic rings. The van der Waals surface area contributed by atoms with Gasteiger partial charge in [-0.1, -0.05) is 57.2 Å². The Balaban J connectivity index is 1.34. The molecule has 0 aliphatic carbocycles. The summed E-state index contributed by atoms with van der Waals surface area (Å²) in [5, 5.41) is 5.88. The Kier molecular flexibility index (Phi) is 8.34. The van der Waals surface area contributed by atoms with Gasteiger partial charge in [0, 0.05) is 34.8 Å². The van der Waals surface area contributed by atoms with Crippen LogP contribution in [0.3, 0.4) is 0 Å². The lowest BCUT2D eigenvalue weighted by atomic mass is 9.85. The highest BCUT2D eigenvalue weighted by Crippen LogP contribution is 2.59. The molecule has 0 spiro atoms. The average Bonchev–Trinajstić information content (AvgIpc) is 3.69. The number of hydrogen-bond donors (Lipinski definition) is 4. The van der Waals surface area contributed by atoms with E-state index in [4.69, 9.17) is 14.8 Å². The van der Waals surface area contributed by atoms with Crippen LogP contribution >= 0.6 is 18.9 Å². The van der Waals surface area contributed by atoms with E-state index in [0.717, 1.165) is 41.2 Å². The molecule has 5 rings (SSSR count). The minimum Gasteiger partial charge on any atom is -0.351 e. The zero-order chi connectivity index (χ0) is 31.2. The number of carbonyl (C=O) groups excluding carboxylic acids is 2. The largest absolute Gasteiger partial charge is 0.399 e. The Morgan fingerprint density at radius 1 is 1.16 bits per heavy atom. The van der Waals surface area contributed by atoms with E-state index in [0.29, 0.717) is 18.5 Å². The van der Waals surface area contributed by atoms with Gasteiger partial charge in [0.25, 0.3) is 5.91 Å². The van der Waals surface area contributed by atoms with Crippen molar-refractivity contribution in [3.05, 3.63) is 87.5 Å². The molecule has 1 aliphatic heterocycles. The van der Waals surface area contributed by atoms with Gasteiger partial charge in [0.1, 0.15) is 16.7 Å². The molecule has 4 N–H and O–H groups in total. The molecule has 2 aromatic heterocycles. The van der Waals surface area contributed by atoms with Crippen LogP contribution in [-0.2, 0) is 21.4 Å². The van der Waals surface area contributed by atoms with Crippen molar-refractivity contribution in [2.24, 2.45) is 5.41 Å². The fraction of sp³-hybridized carbons (Fsp3) is 0.367. The molecule has 0 bridgehead atoms. The van der Waals surface area contributed by atoms with Gasteiger partial charge in [0.2, 0.25) is 5.91 Å². The smallest absolute Gasteiger partial charge is 0.351 e. The Morgan fingerprint density at radius 2 is 1.88 bits per heavy atom. The number of nitrogens with one attached hydrogen (secondary N) is 2. The van der Waals surface area contributed by atoms with Crippen molar-refractivity contribution in [1.29, 1.82) is 0 Å². The first-order chi connectivity index (χ1) is 20.1. The number of aromatic nitrogens is 2. The number of amides is 2. The summed E-state index contributed by atoms with van der Waals surface area (Å²) in [6.45, 7) is 6.08. The van der Waals surface area contributed by atoms with Crippen LogP contribution in [0.2, 0.25) is 0 Å². The highest BCUT2D eigenvalue weighted by atomic mass is 32.1. The molecule has 2 amide bonds. The van der Waals surface area contributed by atoms with Crippen molar-refractivity contribution >= 4 is 41.6 Å². The number of halogens is 2. The number of thiazole rings is 1. The Bertz CT molecular complexity index is 1700. The van der Waals surface area contributed by atoms with Gasteiger partial charge in [-0.25, -0.2) is 4.98 Å². The van der Waals surface area contributed by atoms with Gasteiger partial charge in [0.15, 0.2) is 0 Å². The maximum Gasteiger partial charge on any atom is 0.399 e. The summed E-state index contributed by atoms with van der Waals surface area (Å²) in [6, 6.07) is 13.3. The summed E-state index contributed by atoms with van der Waals surface area (Å²) in [4.78, 5) is 55.0. The quantitative estimate of drug-likeness (QED) is 0.178. The first-order valence-electron chi connectivity index (χ1n) is 13.8. The molecule has 3 heterocycles. The van der Waals surface area contributed by atoms with Crippen molar-refractivity contribution in [1.82, 2.24) is 20.2 Å². The SMILES string of the molecule is CC(C)(C)C(NC(=O)c1cc2cc(C(F)(F)P(=O)(O)O)ccc2[nH]1)C(=O)N1CCC[C@H]1c1nc(Cc2ccccc2)cs1. The lowest BCUT2D eigenvalue weighted by molar-refractivity contribution is -0.136. The van der Waals surface area contributed by atoms with Crippen LogP contribution in [0, 0.1) is 5.41 Å². The fourth-order valence-electron chi connectivity index (χ4n) is 5.28. The van der Waals surface area contributed by atoms with E-state index in [-0.39, 0.29) is 23.0 Å². The third kappa shape index (κ3) is 6.43. The van der Waals surface area contributed by atoms with Crippen molar-refractivity contribution in [2.75, 3.05) is 6.54 Å². The van der Waals surface area contributed by atoms with Crippen LogP contribution in [0.4, 0.5) is 8.78 Å². The zero-order valence-electron chi connectivity index (χ0n) is 23.9. The topological polar surface area (TPSA) is 136 Å². The number of nitrogens with zero attached hydrogens (tertiary/aromatic N) is 2. The number of fused-ring (bicyclic) bond motifs is 1. The normalized spacial score (nSPS) is 16.9. The van der Waals surface area contributed by atoms with Crippen molar-refractivity contribution in [3.8, 4) is 0 Å².